The van der Waals surface area contributed by atoms with Crippen molar-refractivity contribution >= 4 is 28.1 Å². The van der Waals surface area contributed by atoms with Crippen LogP contribution < -0.4 is 0 Å². The van der Waals surface area contributed by atoms with Crippen LogP contribution in [0.25, 0.3) is 23.3 Å². The Morgan fingerprint density at radius 1 is 0.818 bits per heavy atom. The topological polar surface area (TPSA) is 12.9 Å². The number of rotatable bonds is 1. The fourth-order valence-corrected chi connectivity index (χ4v) is 3.43. The van der Waals surface area contributed by atoms with Gasteiger partial charge in [0.2, 0.25) is 0 Å². The van der Waals surface area contributed by atoms with Crippen LogP contribution in [0, 0.1) is 0 Å². The Morgan fingerprint density at radius 3 is 2.55 bits per heavy atom. The highest BCUT2D eigenvalue weighted by atomic mass is 79.9. The molecule has 0 unspecified atom stereocenters. The lowest BCUT2D eigenvalue weighted by Gasteiger charge is -2.09. The average molecular weight is 348 g/mol. The quantitative estimate of drug-likeness (QED) is 0.437. The minimum atomic E-state index is 0.908. The van der Waals surface area contributed by atoms with Gasteiger partial charge in [0.15, 0.2) is 0 Å². The van der Waals surface area contributed by atoms with Crippen molar-refractivity contribution in [2.24, 2.45) is 0 Å². The highest BCUT2D eigenvalue weighted by Gasteiger charge is 2.13. The molecule has 2 aromatic carbocycles. The van der Waals surface area contributed by atoms with Gasteiger partial charge in [-0.15, -0.1) is 0 Å². The van der Waals surface area contributed by atoms with Crippen molar-refractivity contribution < 1.29 is 0 Å². The van der Waals surface area contributed by atoms with E-state index >= 15 is 0 Å². The van der Waals surface area contributed by atoms with Gasteiger partial charge in [-0.2, -0.15) is 0 Å². The normalized spacial score (nSPS) is 12.4. The summed E-state index contributed by atoms with van der Waals surface area (Å²) in [6.45, 7) is 0. The van der Waals surface area contributed by atoms with Crippen LogP contribution in [-0.2, 0) is 6.42 Å². The summed E-state index contributed by atoms with van der Waals surface area (Å²) in [5.41, 5.74) is 7.29. The van der Waals surface area contributed by atoms with Gasteiger partial charge in [0.05, 0.1) is 5.69 Å². The first-order chi connectivity index (χ1) is 10.8. The molecule has 0 bridgehead atoms. The molecule has 0 atom stereocenters. The van der Waals surface area contributed by atoms with E-state index in [0.29, 0.717) is 0 Å². The Morgan fingerprint density at radius 2 is 1.68 bits per heavy atom. The molecule has 0 N–H and O–H groups in total. The summed E-state index contributed by atoms with van der Waals surface area (Å²) in [4.78, 5) is 4.67. The first-order valence-electron chi connectivity index (χ1n) is 7.31. The molecule has 0 fully saturated rings. The molecule has 0 radical (unpaired) electrons. The second-order valence-electron chi connectivity index (χ2n) is 5.46. The van der Waals surface area contributed by atoms with Crippen LogP contribution in [0.1, 0.15) is 22.4 Å². The zero-order valence-corrected chi connectivity index (χ0v) is 13.5. The minimum Gasteiger partial charge on any atom is -0.256 e. The summed E-state index contributed by atoms with van der Waals surface area (Å²) >= 11 is 3.64. The lowest BCUT2D eigenvalue weighted by atomic mass is 9.99. The molecule has 106 valence electrons. The Balaban J connectivity index is 1.82. The zero-order chi connectivity index (χ0) is 14.9. The number of pyridine rings is 1. The molecule has 1 aromatic heterocycles. The highest BCUT2D eigenvalue weighted by Crippen LogP contribution is 2.30. The molecule has 22 heavy (non-hydrogen) atoms. The van der Waals surface area contributed by atoms with Crippen LogP contribution in [0.2, 0.25) is 0 Å². The molecule has 0 saturated heterocycles. The summed E-state index contributed by atoms with van der Waals surface area (Å²) in [6.07, 6.45) is 7.13. The number of hydrogen-bond donors (Lipinski definition) is 0. The Labute approximate surface area is 138 Å². The van der Waals surface area contributed by atoms with Crippen LogP contribution >= 0.6 is 15.9 Å². The maximum absolute atomic E-state index is 4.67. The predicted octanol–water partition coefficient (Wildman–Crippen LogP) is 5.59. The summed E-state index contributed by atoms with van der Waals surface area (Å²) in [5, 5.41) is 0. The molecule has 4 rings (SSSR count). The maximum Gasteiger partial charge on any atom is 0.0665 e. The first kappa shape index (κ1) is 13.5. The van der Waals surface area contributed by atoms with E-state index in [9.17, 15) is 0 Å². The molecular formula is C20H14BrN. The van der Waals surface area contributed by atoms with Crippen molar-refractivity contribution in [2.75, 3.05) is 0 Å². The largest absolute Gasteiger partial charge is 0.256 e. The van der Waals surface area contributed by atoms with E-state index in [0.717, 1.165) is 16.6 Å². The summed E-state index contributed by atoms with van der Waals surface area (Å²) in [6, 6.07) is 19.0. The van der Waals surface area contributed by atoms with Gasteiger partial charge in [-0.05, 0) is 40.5 Å². The van der Waals surface area contributed by atoms with Crippen LogP contribution in [-0.4, -0.2) is 4.98 Å². The van der Waals surface area contributed by atoms with Crippen LogP contribution in [0.3, 0.4) is 0 Å². The van der Waals surface area contributed by atoms with E-state index in [2.05, 4.69) is 81.6 Å². The second-order valence-corrected chi connectivity index (χ2v) is 6.31. The van der Waals surface area contributed by atoms with Crippen LogP contribution in [0.5, 0.6) is 0 Å². The Kier molecular flexibility index (Phi) is 3.39. The highest BCUT2D eigenvalue weighted by molar-refractivity contribution is 9.10. The van der Waals surface area contributed by atoms with Gasteiger partial charge in [0, 0.05) is 22.7 Å². The third-order valence-electron chi connectivity index (χ3n) is 4.04. The van der Waals surface area contributed by atoms with E-state index in [1.54, 1.807) is 0 Å². The first-order valence-corrected chi connectivity index (χ1v) is 8.10. The molecule has 3 aromatic rings. The SMILES string of the molecule is Brc1cccc2c1C=Cc1ncc(-c3ccccc3)cc1C2. The number of benzene rings is 2. The van der Waals surface area contributed by atoms with Gasteiger partial charge in [0.1, 0.15) is 0 Å². The van der Waals surface area contributed by atoms with Crippen molar-refractivity contribution in [3.8, 4) is 11.1 Å². The lowest BCUT2D eigenvalue weighted by molar-refractivity contribution is 1.13. The summed E-state index contributed by atoms with van der Waals surface area (Å²) in [5.74, 6) is 0. The Bertz CT molecular complexity index is 866. The van der Waals surface area contributed by atoms with Crippen LogP contribution in [0.15, 0.2) is 65.3 Å². The van der Waals surface area contributed by atoms with E-state index in [1.807, 2.05) is 12.3 Å². The fourth-order valence-electron chi connectivity index (χ4n) is 2.89. The molecule has 1 aliphatic rings. The molecular weight excluding hydrogens is 334 g/mol. The van der Waals surface area contributed by atoms with Gasteiger partial charge in [-0.25, -0.2) is 0 Å². The maximum atomic E-state index is 4.67. The number of halogens is 1. The van der Waals surface area contributed by atoms with Gasteiger partial charge in [-0.3, -0.25) is 4.98 Å². The second kappa shape index (κ2) is 5.54. The van der Waals surface area contributed by atoms with E-state index in [1.165, 1.54) is 27.8 Å². The summed E-state index contributed by atoms with van der Waals surface area (Å²) in [7, 11) is 0. The van der Waals surface area contributed by atoms with E-state index < -0.39 is 0 Å². The number of fused-ring (bicyclic) bond motifs is 2. The third kappa shape index (κ3) is 2.40. The lowest BCUT2D eigenvalue weighted by Crippen LogP contribution is -1.95. The fraction of sp³-hybridized carbons (Fsp3) is 0.0500. The predicted molar refractivity (Wildman–Crippen MR) is 95.5 cm³/mol. The van der Waals surface area contributed by atoms with Gasteiger partial charge in [-0.1, -0.05) is 64.5 Å². The van der Waals surface area contributed by atoms with Crippen molar-refractivity contribution in [3.63, 3.8) is 0 Å². The van der Waals surface area contributed by atoms with E-state index in [-0.39, 0.29) is 0 Å². The third-order valence-corrected chi connectivity index (χ3v) is 4.73. The van der Waals surface area contributed by atoms with Crippen molar-refractivity contribution in [1.82, 2.24) is 4.98 Å². The summed E-state index contributed by atoms with van der Waals surface area (Å²) < 4.78 is 1.14. The van der Waals surface area contributed by atoms with E-state index in [4.69, 9.17) is 0 Å². The Hall–Kier alpha value is -2.19. The standard InChI is InChI=1S/C20H14BrN/c21-19-8-4-7-15-11-16-12-17(14-5-2-1-3-6-14)13-22-20(16)10-9-18(15)19/h1-10,12-13H,11H2. The molecule has 1 nitrogen and oxygen atoms in total. The molecule has 1 heterocycles. The molecule has 2 heteroatoms. The number of aromatic nitrogens is 1. The molecule has 0 aliphatic heterocycles. The monoisotopic (exact) mass is 347 g/mol. The molecule has 0 amide bonds. The molecule has 0 saturated carbocycles. The average Bonchev–Trinajstić information content (AvgIpc) is 2.75. The zero-order valence-electron chi connectivity index (χ0n) is 12.0. The minimum absolute atomic E-state index is 0.908. The smallest absolute Gasteiger partial charge is 0.0665 e. The number of nitrogens with zero attached hydrogens (tertiary/aromatic N) is 1. The molecule has 1 aliphatic carbocycles. The van der Waals surface area contributed by atoms with Crippen molar-refractivity contribution in [2.45, 2.75) is 6.42 Å². The van der Waals surface area contributed by atoms with Crippen LogP contribution in [0.4, 0.5) is 0 Å². The van der Waals surface area contributed by atoms with Crippen molar-refractivity contribution in [1.29, 1.82) is 0 Å². The van der Waals surface area contributed by atoms with Gasteiger partial charge < -0.3 is 0 Å². The van der Waals surface area contributed by atoms with Crippen molar-refractivity contribution in [3.05, 3.63) is 87.7 Å². The molecule has 0 spiro atoms. The van der Waals surface area contributed by atoms with Gasteiger partial charge >= 0.3 is 0 Å². The number of hydrogen-bond acceptors (Lipinski definition) is 1. The van der Waals surface area contributed by atoms with Gasteiger partial charge in [0.25, 0.3) is 0 Å².